The number of amides is 1. The summed E-state index contributed by atoms with van der Waals surface area (Å²) in [4.78, 5) is 25.9. The number of hydroxylamine groups is 1. The average molecular weight is 241 g/mol. The van der Waals surface area contributed by atoms with Crippen molar-refractivity contribution in [2.24, 2.45) is 0 Å². The lowest BCUT2D eigenvalue weighted by atomic mass is 10.2. The molecule has 0 aliphatic rings. The highest BCUT2D eigenvalue weighted by atomic mass is 16.7. The van der Waals surface area contributed by atoms with Crippen molar-refractivity contribution < 1.29 is 29.4 Å². The minimum atomic E-state index is -1.22. The minimum absolute atomic E-state index is 0.0452. The molecule has 7 nitrogen and oxygen atoms in total. The number of phenols is 1. The Bertz CT molecular complexity index is 431. The van der Waals surface area contributed by atoms with E-state index in [9.17, 15) is 14.7 Å². The van der Waals surface area contributed by atoms with Gasteiger partial charge in [-0.05, 0) is 12.1 Å². The highest BCUT2D eigenvalue weighted by Crippen LogP contribution is 2.23. The van der Waals surface area contributed by atoms with Gasteiger partial charge in [-0.15, -0.1) is 0 Å². The lowest BCUT2D eigenvalue weighted by molar-refractivity contribution is -0.144. The number of methoxy groups -OCH3 is 1. The van der Waals surface area contributed by atoms with E-state index in [1.807, 2.05) is 5.48 Å². The van der Waals surface area contributed by atoms with Gasteiger partial charge in [-0.25, -0.2) is 10.3 Å². The predicted octanol–water partition coefficient (Wildman–Crippen LogP) is 0.147. The summed E-state index contributed by atoms with van der Waals surface area (Å²) in [5.41, 5.74) is 1.84. The van der Waals surface area contributed by atoms with Crippen LogP contribution in [0.15, 0.2) is 18.2 Å². The molecule has 0 spiro atoms. The molecule has 0 heterocycles. The van der Waals surface area contributed by atoms with Crippen molar-refractivity contribution in [3.8, 4) is 11.5 Å². The Kier molecular flexibility index (Phi) is 4.29. The molecule has 1 aromatic rings. The molecule has 17 heavy (non-hydrogen) atoms. The van der Waals surface area contributed by atoms with Crippen LogP contribution in [0.1, 0.15) is 10.4 Å². The minimum Gasteiger partial charge on any atom is -0.507 e. The molecular weight excluding hydrogens is 230 g/mol. The zero-order valence-corrected chi connectivity index (χ0v) is 8.97. The number of ether oxygens (including phenoxy) is 1. The van der Waals surface area contributed by atoms with Crippen LogP contribution in [-0.2, 0) is 9.63 Å². The Hall–Kier alpha value is -2.28. The third kappa shape index (κ3) is 3.65. The van der Waals surface area contributed by atoms with Crippen LogP contribution in [0.4, 0.5) is 0 Å². The van der Waals surface area contributed by atoms with Gasteiger partial charge in [0.05, 0.1) is 12.7 Å². The Labute approximate surface area is 96.5 Å². The van der Waals surface area contributed by atoms with Crippen molar-refractivity contribution >= 4 is 11.9 Å². The summed E-state index contributed by atoms with van der Waals surface area (Å²) in [7, 11) is 1.42. The monoisotopic (exact) mass is 241 g/mol. The lowest BCUT2D eigenvalue weighted by Gasteiger charge is -2.07. The Balaban J connectivity index is 2.66. The SMILES string of the molecule is COc1ccc(C(=O)NOCC(=O)O)c(O)c1. The molecular formula is C10H11NO6. The molecule has 7 heteroatoms. The first-order valence-corrected chi connectivity index (χ1v) is 4.55. The molecule has 0 saturated heterocycles. The van der Waals surface area contributed by atoms with Crippen LogP contribution in [0, 0.1) is 0 Å². The van der Waals surface area contributed by atoms with E-state index >= 15 is 0 Å². The quantitative estimate of drug-likeness (QED) is 0.633. The number of carbonyl (C=O) groups excluding carboxylic acids is 1. The van der Waals surface area contributed by atoms with Crippen LogP contribution in [0.3, 0.4) is 0 Å². The zero-order valence-electron chi connectivity index (χ0n) is 8.97. The van der Waals surface area contributed by atoms with Gasteiger partial charge < -0.3 is 14.9 Å². The number of nitrogens with one attached hydrogen (secondary N) is 1. The van der Waals surface area contributed by atoms with Crippen molar-refractivity contribution in [3.63, 3.8) is 0 Å². The summed E-state index contributed by atoms with van der Waals surface area (Å²) >= 11 is 0. The largest absolute Gasteiger partial charge is 0.507 e. The molecule has 1 amide bonds. The fraction of sp³-hybridized carbons (Fsp3) is 0.200. The number of carboxylic acid groups (broad SMARTS) is 1. The van der Waals surface area contributed by atoms with Crippen molar-refractivity contribution in [2.75, 3.05) is 13.7 Å². The average Bonchev–Trinajstić information content (AvgIpc) is 2.28. The number of carboxylic acids is 1. The highest BCUT2D eigenvalue weighted by Gasteiger charge is 2.12. The summed E-state index contributed by atoms with van der Waals surface area (Å²) in [5.74, 6) is -1.86. The summed E-state index contributed by atoms with van der Waals surface area (Å²) in [6.07, 6.45) is 0. The van der Waals surface area contributed by atoms with E-state index in [2.05, 4.69) is 4.84 Å². The predicted molar refractivity (Wildman–Crippen MR) is 55.7 cm³/mol. The molecule has 0 atom stereocenters. The second-order valence-electron chi connectivity index (χ2n) is 3.00. The third-order valence-corrected chi connectivity index (χ3v) is 1.81. The topological polar surface area (TPSA) is 105 Å². The first kappa shape index (κ1) is 12.8. The fourth-order valence-corrected chi connectivity index (χ4v) is 1.05. The van der Waals surface area contributed by atoms with E-state index in [1.54, 1.807) is 0 Å². The summed E-state index contributed by atoms with van der Waals surface area (Å²) < 4.78 is 4.84. The Morgan fingerprint density at radius 1 is 1.41 bits per heavy atom. The van der Waals surface area contributed by atoms with E-state index in [4.69, 9.17) is 9.84 Å². The van der Waals surface area contributed by atoms with Crippen LogP contribution in [0.25, 0.3) is 0 Å². The van der Waals surface area contributed by atoms with Crippen LogP contribution >= 0.6 is 0 Å². The molecule has 0 aromatic heterocycles. The molecule has 0 fully saturated rings. The van der Waals surface area contributed by atoms with Crippen molar-refractivity contribution in [1.82, 2.24) is 5.48 Å². The molecule has 0 bridgehead atoms. The first-order valence-electron chi connectivity index (χ1n) is 4.55. The molecule has 92 valence electrons. The number of carbonyl (C=O) groups is 2. The van der Waals surface area contributed by atoms with Gasteiger partial charge in [0.25, 0.3) is 5.91 Å². The maximum absolute atomic E-state index is 11.4. The molecule has 0 aliphatic carbocycles. The second-order valence-corrected chi connectivity index (χ2v) is 3.00. The number of hydrogen-bond donors (Lipinski definition) is 3. The van der Waals surface area contributed by atoms with Crippen LogP contribution in [0.2, 0.25) is 0 Å². The van der Waals surface area contributed by atoms with Gasteiger partial charge in [-0.1, -0.05) is 0 Å². The van der Waals surface area contributed by atoms with E-state index < -0.39 is 18.5 Å². The molecule has 0 aliphatic heterocycles. The number of hydrogen-bond acceptors (Lipinski definition) is 5. The summed E-state index contributed by atoms with van der Waals surface area (Å²) in [5, 5.41) is 17.8. The number of rotatable bonds is 5. The second kappa shape index (κ2) is 5.71. The van der Waals surface area contributed by atoms with Crippen LogP contribution < -0.4 is 10.2 Å². The maximum atomic E-state index is 11.4. The standard InChI is InChI=1S/C10H11NO6/c1-16-6-2-3-7(8(12)4-6)10(15)11-17-5-9(13)14/h2-4,12H,5H2,1H3,(H,11,15)(H,13,14). The van der Waals surface area contributed by atoms with E-state index in [-0.39, 0.29) is 11.3 Å². The molecule has 1 rings (SSSR count). The molecule has 1 aromatic carbocycles. The van der Waals surface area contributed by atoms with Gasteiger partial charge in [0.15, 0.2) is 6.61 Å². The zero-order chi connectivity index (χ0) is 12.8. The molecule has 0 radical (unpaired) electrons. The number of aromatic hydroxyl groups is 1. The molecule has 0 unspecified atom stereocenters. The fourth-order valence-electron chi connectivity index (χ4n) is 1.05. The number of phenolic OH excluding ortho intramolecular Hbond substituents is 1. The van der Waals surface area contributed by atoms with E-state index in [0.717, 1.165) is 0 Å². The Morgan fingerprint density at radius 3 is 2.65 bits per heavy atom. The van der Waals surface area contributed by atoms with Crippen molar-refractivity contribution in [3.05, 3.63) is 23.8 Å². The summed E-state index contributed by atoms with van der Waals surface area (Å²) in [6.45, 7) is -0.664. The lowest BCUT2D eigenvalue weighted by Crippen LogP contribution is -2.26. The highest BCUT2D eigenvalue weighted by molar-refractivity contribution is 5.96. The summed E-state index contributed by atoms with van der Waals surface area (Å²) in [6, 6.07) is 4.06. The number of benzene rings is 1. The van der Waals surface area contributed by atoms with E-state index in [0.29, 0.717) is 5.75 Å². The maximum Gasteiger partial charge on any atom is 0.332 e. The smallest absolute Gasteiger partial charge is 0.332 e. The number of aliphatic carboxylic acids is 1. The van der Waals surface area contributed by atoms with Gasteiger partial charge in [0, 0.05) is 6.07 Å². The van der Waals surface area contributed by atoms with Gasteiger partial charge in [0.2, 0.25) is 0 Å². The van der Waals surface area contributed by atoms with Crippen molar-refractivity contribution in [1.29, 1.82) is 0 Å². The third-order valence-electron chi connectivity index (χ3n) is 1.81. The molecule has 0 saturated carbocycles. The van der Waals surface area contributed by atoms with Gasteiger partial charge in [-0.3, -0.25) is 9.63 Å². The Morgan fingerprint density at radius 2 is 2.12 bits per heavy atom. The van der Waals surface area contributed by atoms with Gasteiger partial charge in [-0.2, -0.15) is 0 Å². The van der Waals surface area contributed by atoms with E-state index in [1.165, 1.54) is 25.3 Å². The first-order chi connectivity index (χ1) is 8.04. The molecule has 3 N–H and O–H groups in total. The van der Waals surface area contributed by atoms with Crippen LogP contribution in [0.5, 0.6) is 11.5 Å². The normalized spacial score (nSPS) is 9.71. The van der Waals surface area contributed by atoms with Gasteiger partial charge in [0.1, 0.15) is 11.5 Å². The van der Waals surface area contributed by atoms with Crippen LogP contribution in [-0.4, -0.2) is 35.8 Å². The van der Waals surface area contributed by atoms with Gasteiger partial charge >= 0.3 is 5.97 Å². The van der Waals surface area contributed by atoms with Crippen molar-refractivity contribution in [2.45, 2.75) is 0 Å².